The summed E-state index contributed by atoms with van der Waals surface area (Å²) in [5.74, 6) is 1.52. The van der Waals surface area contributed by atoms with Gasteiger partial charge in [0.15, 0.2) is 0 Å². The van der Waals surface area contributed by atoms with Crippen molar-refractivity contribution in [2.24, 2.45) is 0 Å². The van der Waals surface area contributed by atoms with Crippen LogP contribution in [0.3, 0.4) is 0 Å². The predicted molar refractivity (Wildman–Crippen MR) is 71.6 cm³/mol. The standard InChI is InChI=1S/C14H17N3O/c1-11(2)18-14-12(6-5-9-16-14)10-17-13-7-3-4-8-15-13/h3-9,11H,10H2,1-2H3,(H,15,17). The highest BCUT2D eigenvalue weighted by Crippen LogP contribution is 2.17. The normalized spacial score (nSPS) is 10.4. The first-order chi connectivity index (χ1) is 8.75. The van der Waals surface area contributed by atoms with Gasteiger partial charge in [0.25, 0.3) is 0 Å². The second kappa shape index (κ2) is 6.00. The van der Waals surface area contributed by atoms with E-state index in [0.717, 1.165) is 11.4 Å². The van der Waals surface area contributed by atoms with E-state index >= 15 is 0 Å². The van der Waals surface area contributed by atoms with E-state index in [0.29, 0.717) is 12.4 Å². The van der Waals surface area contributed by atoms with Gasteiger partial charge in [0.1, 0.15) is 5.82 Å². The Labute approximate surface area is 107 Å². The summed E-state index contributed by atoms with van der Waals surface area (Å²) in [6, 6.07) is 9.68. The van der Waals surface area contributed by atoms with E-state index in [1.165, 1.54) is 0 Å². The molecular weight excluding hydrogens is 226 g/mol. The lowest BCUT2D eigenvalue weighted by molar-refractivity contribution is 0.230. The first-order valence-electron chi connectivity index (χ1n) is 6.01. The molecule has 1 N–H and O–H groups in total. The van der Waals surface area contributed by atoms with Crippen molar-refractivity contribution >= 4 is 5.82 Å². The second-order valence-corrected chi connectivity index (χ2v) is 4.20. The number of anilines is 1. The van der Waals surface area contributed by atoms with E-state index in [1.54, 1.807) is 12.4 Å². The topological polar surface area (TPSA) is 47.0 Å². The molecule has 2 rings (SSSR count). The Morgan fingerprint density at radius 1 is 1.11 bits per heavy atom. The predicted octanol–water partition coefficient (Wildman–Crippen LogP) is 2.88. The minimum Gasteiger partial charge on any atom is -0.475 e. The molecule has 0 fully saturated rings. The molecule has 0 unspecified atom stereocenters. The quantitative estimate of drug-likeness (QED) is 0.877. The van der Waals surface area contributed by atoms with E-state index in [1.807, 2.05) is 44.2 Å². The van der Waals surface area contributed by atoms with Gasteiger partial charge in [-0.3, -0.25) is 0 Å². The summed E-state index contributed by atoms with van der Waals surface area (Å²) >= 11 is 0. The Morgan fingerprint density at radius 2 is 1.94 bits per heavy atom. The zero-order chi connectivity index (χ0) is 12.8. The van der Waals surface area contributed by atoms with Crippen LogP contribution in [0.15, 0.2) is 42.7 Å². The lowest BCUT2D eigenvalue weighted by Crippen LogP contribution is -2.10. The third kappa shape index (κ3) is 3.45. The number of hydrogen-bond acceptors (Lipinski definition) is 4. The summed E-state index contributed by atoms with van der Waals surface area (Å²) in [5, 5.41) is 3.24. The smallest absolute Gasteiger partial charge is 0.218 e. The third-order valence-corrected chi connectivity index (χ3v) is 2.32. The minimum absolute atomic E-state index is 0.119. The SMILES string of the molecule is CC(C)Oc1ncccc1CNc1ccccn1. The fourth-order valence-electron chi connectivity index (χ4n) is 1.54. The maximum absolute atomic E-state index is 5.66. The Balaban J connectivity index is 2.05. The van der Waals surface area contributed by atoms with E-state index in [-0.39, 0.29) is 6.10 Å². The Bertz CT molecular complexity index is 485. The average molecular weight is 243 g/mol. The molecule has 0 amide bonds. The molecule has 94 valence electrons. The Kier molecular flexibility index (Phi) is 4.12. The highest BCUT2D eigenvalue weighted by Gasteiger charge is 2.06. The number of nitrogens with zero attached hydrogens (tertiary/aromatic N) is 2. The van der Waals surface area contributed by atoms with Crippen molar-refractivity contribution in [1.29, 1.82) is 0 Å². The van der Waals surface area contributed by atoms with Crippen molar-refractivity contribution in [3.05, 3.63) is 48.3 Å². The molecule has 4 nitrogen and oxygen atoms in total. The van der Waals surface area contributed by atoms with Crippen molar-refractivity contribution in [1.82, 2.24) is 9.97 Å². The Morgan fingerprint density at radius 3 is 2.67 bits per heavy atom. The summed E-state index contributed by atoms with van der Waals surface area (Å²) < 4.78 is 5.66. The van der Waals surface area contributed by atoms with Crippen LogP contribution in [0.1, 0.15) is 19.4 Å². The zero-order valence-corrected chi connectivity index (χ0v) is 10.6. The van der Waals surface area contributed by atoms with Crippen LogP contribution in [-0.4, -0.2) is 16.1 Å². The van der Waals surface area contributed by atoms with Crippen molar-refractivity contribution < 1.29 is 4.74 Å². The highest BCUT2D eigenvalue weighted by molar-refractivity contribution is 5.36. The summed E-state index contributed by atoms with van der Waals surface area (Å²) in [4.78, 5) is 8.46. The monoisotopic (exact) mass is 243 g/mol. The highest BCUT2D eigenvalue weighted by atomic mass is 16.5. The van der Waals surface area contributed by atoms with E-state index in [9.17, 15) is 0 Å². The van der Waals surface area contributed by atoms with Crippen LogP contribution in [-0.2, 0) is 6.54 Å². The molecule has 2 aromatic heterocycles. The molecule has 0 bridgehead atoms. The fourth-order valence-corrected chi connectivity index (χ4v) is 1.54. The molecule has 0 radical (unpaired) electrons. The van der Waals surface area contributed by atoms with E-state index < -0.39 is 0 Å². The summed E-state index contributed by atoms with van der Waals surface area (Å²) in [5.41, 5.74) is 1.02. The van der Waals surface area contributed by atoms with Crippen LogP contribution in [0.5, 0.6) is 5.88 Å². The molecule has 0 aromatic carbocycles. The average Bonchev–Trinajstić information content (AvgIpc) is 2.38. The summed E-state index contributed by atoms with van der Waals surface area (Å²) in [6.07, 6.45) is 3.62. The fraction of sp³-hybridized carbons (Fsp3) is 0.286. The Hall–Kier alpha value is -2.10. The van der Waals surface area contributed by atoms with Gasteiger partial charge in [-0.2, -0.15) is 0 Å². The lowest BCUT2D eigenvalue weighted by atomic mass is 10.2. The third-order valence-electron chi connectivity index (χ3n) is 2.32. The number of ether oxygens (including phenoxy) is 1. The van der Waals surface area contributed by atoms with Gasteiger partial charge in [-0.1, -0.05) is 12.1 Å². The van der Waals surface area contributed by atoms with E-state index in [4.69, 9.17) is 4.74 Å². The van der Waals surface area contributed by atoms with Crippen molar-refractivity contribution in [3.63, 3.8) is 0 Å². The molecule has 2 heterocycles. The van der Waals surface area contributed by atoms with Crippen LogP contribution in [0, 0.1) is 0 Å². The largest absolute Gasteiger partial charge is 0.475 e. The molecule has 0 atom stereocenters. The van der Waals surface area contributed by atoms with Gasteiger partial charge in [-0.15, -0.1) is 0 Å². The molecule has 0 spiro atoms. The summed E-state index contributed by atoms with van der Waals surface area (Å²) in [6.45, 7) is 4.63. The number of aromatic nitrogens is 2. The van der Waals surface area contributed by atoms with E-state index in [2.05, 4.69) is 15.3 Å². The molecule has 2 aromatic rings. The molecule has 0 saturated heterocycles. The number of hydrogen-bond donors (Lipinski definition) is 1. The van der Waals surface area contributed by atoms with Crippen LogP contribution in [0.4, 0.5) is 5.82 Å². The van der Waals surface area contributed by atoms with Crippen LogP contribution in [0.25, 0.3) is 0 Å². The van der Waals surface area contributed by atoms with Gasteiger partial charge in [0.2, 0.25) is 5.88 Å². The molecule has 4 heteroatoms. The first kappa shape index (κ1) is 12.4. The summed E-state index contributed by atoms with van der Waals surface area (Å²) in [7, 11) is 0. The lowest BCUT2D eigenvalue weighted by Gasteiger charge is -2.13. The van der Waals surface area contributed by atoms with Crippen molar-refractivity contribution in [2.75, 3.05) is 5.32 Å². The maximum Gasteiger partial charge on any atom is 0.218 e. The van der Waals surface area contributed by atoms with Gasteiger partial charge >= 0.3 is 0 Å². The molecule has 0 saturated carbocycles. The van der Waals surface area contributed by atoms with Crippen LogP contribution in [0.2, 0.25) is 0 Å². The number of pyridine rings is 2. The van der Waals surface area contributed by atoms with Gasteiger partial charge in [0.05, 0.1) is 6.10 Å². The number of nitrogens with one attached hydrogen (secondary N) is 1. The van der Waals surface area contributed by atoms with Gasteiger partial charge in [-0.05, 0) is 32.0 Å². The van der Waals surface area contributed by atoms with Gasteiger partial charge in [-0.25, -0.2) is 9.97 Å². The molecule has 18 heavy (non-hydrogen) atoms. The van der Waals surface area contributed by atoms with Gasteiger partial charge < -0.3 is 10.1 Å². The molecule has 0 aliphatic heterocycles. The zero-order valence-electron chi connectivity index (χ0n) is 10.6. The number of rotatable bonds is 5. The molecular formula is C14H17N3O. The second-order valence-electron chi connectivity index (χ2n) is 4.20. The molecule has 0 aliphatic rings. The van der Waals surface area contributed by atoms with Gasteiger partial charge in [0, 0.05) is 24.5 Å². The van der Waals surface area contributed by atoms with Crippen LogP contribution >= 0.6 is 0 Å². The van der Waals surface area contributed by atoms with Crippen molar-refractivity contribution in [2.45, 2.75) is 26.5 Å². The minimum atomic E-state index is 0.119. The van der Waals surface area contributed by atoms with Crippen molar-refractivity contribution in [3.8, 4) is 5.88 Å². The molecule has 0 aliphatic carbocycles. The van der Waals surface area contributed by atoms with Crippen LogP contribution < -0.4 is 10.1 Å². The first-order valence-corrected chi connectivity index (χ1v) is 6.01. The maximum atomic E-state index is 5.66.